The molecule has 3 heteroatoms. The normalized spacial score (nSPS) is 23.1. The second kappa shape index (κ2) is 6.76. The molecule has 1 saturated carbocycles. The Hall–Kier alpha value is -1.12. The minimum absolute atomic E-state index is 0.643. The highest BCUT2D eigenvalue weighted by molar-refractivity contribution is 6.35. The van der Waals surface area contributed by atoms with Crippen LogP contribution in [0.2, 0.25) is 5.02 Å². The zero-order valence-corrected chi connectivity index (χ0v) is 13.4. The third kappa shape index (κ3) is 3.56. The number of hydrogen-bond acceptors (Lipinski definition) is 2. The molecule has 112 valence electrons. The number of pyridine rings is 1. The molecule has 0 bridgehead atoms. The van der Waals surface area contributed by atoms with Crippen LogP contribution in [0.25, 0.3) is 10.9 Å². The molecule has 2 atom stereocenters. The molecule has 0 aliphatic heterocycles. The van der Waals surface area contributed by atoms with Gasteiger partial charge in [0.15, 0.2) is 0 Å². The summed E-state index contributed by atoms with van der Waals surface area (Å²) >= 11 is 6.26. The van der Waals surface area contributed by atoms with Crippen molar-refractivity contribution in [1.29, 1.82) is 0 Å². The van der Waals surface area contributed by atoms with Crippen molar-refractivity contribution in [1.82, 2.24) is 10.3 Å². The van der Waals surface area contributed by atoms with Gasteiger partial charge in [-0.1, -0.05) is 37.4 Å². The molecule has 1 fully saturated rings. The predicted molar refractivity (Wildman–Crippen MR) is 89.6 cm³/mol. The van der Waals surface area contributed by atoms with Crippen LogP contribution in [0, 0.1) is 5.92 Å². The summed E-state index contributed by atoms with van der Waals surface area (Å²) in [6, 6.07) is 8.71. The van der Waals surface area contributed by atoms with Gasteiger partial charge in [0.1, 0.15) is 0 Å². The highest BCUT2D eigenvalue weighted by atomic mass is 35.5. The van der Waals surface area contributed by atoms with Gasteiger partial charge in [-0.15, -0.1) is 0 Å². The van der Waals surface area contributed by atoms with Gasteiger partial charge in [0.25, 0.3) is 0 Å². The van der Waals surface area contributed by atoms with Crippen LogP contribution < -0.4 is 5.32 Å². The van der Waals surface area contributed by atoms with Gasteiger partial charge >= 0.3 is 0 Å². The van der Waals surface area contributed by atoms with E-state index in [1.54, 1.807) is 0 Å². The van der Waals surface area contributed by atoms with E-state index in [-0.39, 0.29) is 0 Å². The van der Waals surface area contributed by atoms with Crippen LogP contribution in [0.3, 0.4) is 0 Å². The Balaban J connectivity index is 1.72. The molecule has 3 rings (SSSR count). The average Bonchev–Trinajstić information content (AvgIpc) is 2.72. The third-order valence-electron chi connectivity index (χ3n) is 4.64. The molecule has 0 amide bonds. The van der Waals surface area contributed by atoms with E-state index in [4.69, 9.17) is 11.6 Å². The van der Waals surface area contributed by atoms with E-state index in [0.29, 0.717) is 6.04 Å². The van der Waals surface area contributed by atoms with Crippen LogP contribution in [0.15, 0.2) is 30.5 Å². The van der Waals surface area contributed by atoms with Gasteiger partial charge in [0, 0.05) is 29.2 Å². The molecule has 1 heterocycles. The first-order valence-electron chi connectivity index (χ1n) is 7.99. The first-order chi connectivity index (χ1) is 10.2. The zero-order chi connectivity index (χ0) is 14.7. The lowest BCUT2D eigenvalue weighted by molar-refractivity contribution is 0.448. The Morgan fingerprint density at radius 3 is 3.00 bits per heavy atom. The van der Waals surface area contributed by atoms with Gasteiger partial charge in [0.2, 0.25) is 0 Å². The van der Waals surface area contributed by atoms with Gasteiger partial charge in [-0.25, -0.2) is 0 Å². The Morgan fingerprint density at radius 1 is 1.19 bits per heavy atom. The quantitative estimate of drug-likeness (QED) is 0.812. The van der Waals surface area contributed by atoms with E-state index >= 15 is 0 Å². The van der Waals surface area contributed by atoms with E-state index in [9.17, 15) is 0 Å². The highest BCUT2D eigenvalue weighted by Crippen LogP contribution is 2.26. The van der Waals surface area contributed by atoms with Crippen molar-refractivity contribution in [2.24, 2.45) is 5.92 Å². The number of fused-ring (bicyclic) bond motifs is 1. The van der Waals surface area contributed by atoms with E-state index in [2.05, 4.69) is 23.3 Å². The molecule has 2 unspecified atom stereocenters. The average molecular weight is 303 g/mol. The Labute approximate surface area is 131 Å². The van der Waals surface area contributed by atoms with Gasteiger partial charge in [-0.05, 0) is 48.9 Å². The fourth-order valence-electron chi connectivity index (χ4n) is 3.28. The summed E-state index contributed by atoms with van der Waals surface area (Å²) in [5, 5.41) is 5.56. The van der Waals surface area contributed by atoms with Crippen LogP contribution in [0.4, 0.5) is 0 Å². The van der Waals surface area contributed by atoms with Crippen LogP contribution in [-0.2, 0) is 6.54 Å². The maximum atomic E-state index is 6.26. The topological polar surface area (TPSA) is 24.9 Å². The first-order valence-corrected chi connectivity index (χ1v) is 8.37. The minimum atomic E-state index is 0.643. The second-order valence-electron chi connectivity index (χ2n) is 6.30. The number of benzene rings is 1. The largest absolute Gasteiger partial charge is 0.310 e. The molecule has 2 nitrogen and oxygen atoms in total. The van der Waals surface area contributed by atoms with Crippen LogP contribution in [-0.4, -0.2) is 11.0 Å². The van der Waals surface area contributed by atoms with Gasteiger partial charge in [-0.2, -0.15) is 0 Å². The smallest absolute Gasteiger partial charge is 0.0761 e. The van der Waals surface area contributed by atoms with E-state index in [1.807, 2.05) is 24.4 Å². The molecular formula is C18H23ClN2. The minimum Gasteiger partial charge on any atom is -0.310 e. The molecular weight excluding hydrogens is 280 g/mol. The lowest BCUT2D eigenvalue weighted by atomic mass is 10.0. The van der Waals surface area contributed by atoms with Crippen LogP contribution in [0.5, 0.6) is 0 Å². The molecule has 1 aliphatic rings. The molecule has 0 spiro atoms. The lowest BCUT2D eigenvalue weighted by Gasteiger charge is -2.17. The van der Waals surface area contributed by atoms with Crippen molar-refractivity contribution >= 4 is 22.5 Å². The van der Waals surface area contributed by atoms with Crippen molar-refractivity contribution in [2.75, 3.05) is 0 Å². The molecule has 21 heavy (non-hydrogen) atoms. The molecule has 0 saturated heterocycles. The van der Waals surface area contributed by atoms with Gasteiger partial charge in [0.05, 0.1) is 5.52 Å². The van der Waals surface area contributed by atoms with E-state index in [0.717, 1.165) is 28.4 Å². The molecule has 1 aliphatic carbocycles. The van der Waals surface area contributed by atoms with Crippen LogP contribution >= 0.6 is 11.6 Å². The Bertz CT molecular complexity index is 611. The SMILES string of the molecule is CC1CCCC(NCc2ccc(Cl)c3cccnc23)CC1. The summed E-state index contributed by atoms with van der Waals surface area (Å²) in [6.45, 7) is 3.25. The first kappa shape index (κ1) is 14.8. The van der Waals surface area contributed by atoms with Crippen molar-refractivity contribution in [3.63, 3.8) is 0 Å². The fourth-order valence-corrected chi connectivity index (χ4v) is 3.50. The molecule has 1 aromatic heterocycles. The standard InChI is InChI=1S/C18H23ClN2/c1-13-4-2-5-15(9-7-13)21-12-14-8-10-17(19)16-6-3-11-20-18(14)16/h3,6,8,10-11,13,15,21H,2,4-5,7,9,12H2,1H3. The molecule has 2 aromatic rings. The summed E-state index contributed by atoms with van der Waals surface area (Å²) in [6.07, 6.45) is 8.50. The third-order valence-corrected chi connectivity index (χ3v) is 4.97. The lowest BCUT2D eigenvalue weighted by Crippen LogP contribution is -2.28. The van der Waals surface area contributed by atoms with Crippen molar-refractivity contribution in [3.05, 3.63) is 41.0 Å². The van der Waals surface area contributed by atoms with Gasteiger partial charge < -0.3 is 5.32 Å². The van der Waals surface area contributed by atoms with Crippen LogP contribution in [0.1, 0.15) is 44.6 Å². The molecule has 1 aromatic carbocycles. The molecule has 1 N–H and O–H groups in total. The van der Waals surface area contributed by atoms with E-state index < -0.39 is 0 Å². The number of rotatable bonds is 3. The number of nitrogens with zero attached hydrogens (tertiary/aromatic N) is 1. The predicted octanol–water partition coefficient (Wildman–Crippen LogP) is 4.95. The summed E-state index contributed by atoms with van der Waals surface area (Å²) in [5.41, 5.74) is 2.27. The summed E-state index contributed by atoms with van der Waals surface area (Å²) in [7, 11) is 0. The highest BCUT2D eigenvalue weighted by Gasteiger charge is 2.16. The number of hydrogen-bond donors (Lipinski definition) is 1. The maximum absolute atomic E-state index is 6.26. The van der Waals surface area contributed by atoms with Gasteiger partial charge in [-0.3, -0.25) is 4.98 Å². The van der Waals surface area contributed by atoms with Crippen molar-refractivity contribution < 1.29 is 0 Å². The second-order valence-corrected chi connectivity index (χ2v) is 6.70. The summed E-state index contributed by atoms with van der Waals surface area (Å²) in [4.78, 5) is 4.51. The molecule has 0 radical (unpaired) electrons. The van der Waals surface area contributed by atoms with Crippen molar-refractivity contribution in [2.45, 2.75) is 51.6 Å². The number of halogens is 1. The maximum Gasteiger partial charge on any atom is 0.0761 e. The zero-order valence-electron chi connectivity index (χ0n) is 12.6. The monoisotopic (exact) mass is 302 g/mol. The number of nitrogens with one attached hydrogen (secondary N) is 1. The fraction of sp³-hybridized carbons (Fsp3) is 0.500. The summed E-state index contributed by atoms with van der Waals surface area (Å²) in [5.74, 6) is 0.884. The summed E-state index contributed by atoms with van der Waals surface area (Å²) < 4.78 is 0. The Morgan fingerprint density at radius 2 is 2.10 bits per heavy atom. The Kier molecular flexibility index (Phi) is 4.77. The number of aromatic nitrogens is 1. The van der Waals surface area contributed by atoms with Crippen molar-refractivity contribution in [3.8, 4) is 0 Å². The van der Waals surface area contributed by atoms with E-state index in [1.165, 1.54) is 37.7 Å².